The van der Waals surface area contributed by atoms with Crippen LogP contribution in [0.4, 0.5) is 0 Å². The molecule has 1 N–H and O–H groups in total. The number of aromatic nitrogens is 1. The van der Waals surface area contributed by atoms with Crippen molar-refractivity contribution in [3.63, 3.8) is 0 Å². The van der Waals surface area contributed by atoms with Crippen molar-refractivity contribution < 1.29 is 14.3 Å². The summed E-state index contributed by atoms with van der Waals surface area (Å²) in [4.78, 5) is 26.8. The summed E-state index contributed by atoms with van der Waals surface area (Å²) >= 11 is 1.35. The fraction of sp³-hybridized carbons (Fsp3) is 0.364. The van der Waals surface area contributed by atoms with Gasteiger partial charge in [-0.1, -0.05) is 6.08 Å². The van der Waals surface area contributed by atoms with Crippen LogP contribution >= 0.6 is 11.3 Å². The molecule has 0 saturated heterocycles. The van der Waals surface area contributed by atoms with Crippen molar-refractivity contribution >= 4 is 29.3 Å². The van der Waals surface area contributed by atoms with Gasteiger partial charge in [-0.05, 0) is 13.0 Å². The molecule has 1 heterocycles. The van der Waals surface area contributed by atoms with Crippen LogP contribution in [0.25, 0.3) is 6.08 Å². The molecule has 1 aromatic rings. The summed E-state index contributed by atoms with van der Waals surface area (Å²) in [6.45, 7) is 3.95. The fourth-order valence-corrected chi connectivity index (χ4v) is 1.79. The van der Waals surface area contributed by atoms with Gasteiger partial charge in [0.25, 0.3) is 0 Å². The van der Waals surface area contributed by atoms with E-state index in [2.05, 4.69) is 10.3 Å². The average molecular weight is 254 g/mol. The molecule has 17 heavy (non-hydrogen) atoms. The molecule has 5 nitrogen and oxygen atoms in total. The molecule has 0 radical (unpaired) electrons. The normalized spacial score (nSPS) is 10.5. The summed E-state index contributed by atoms with van der Waals surface area (Å²) in [6, 6.07) is 0. The summed E-state index contributed by atoms with van der Waals surface area (Å²) in [5.74, 6) is -0.516. The van der Waals surface area contributed by atoms with Crippen molar-refractivity contribution in [3.05, 3.63) is 22.2 Å². The van der Waals surface area contributed by atoms with Gasteiger partial charge >= 0.3 is 5.97 Å². The van der Waals surface area contributed by atoms with Crippen LogP contribution < -0.4 is 5.32 Å². The number of nitrogens with zero attached hydrogens (tertiary/aromatic N) is 1. The molecule has 0 aliphatic carbocycles. The Kier molecular flexibility index (Phi) is 5.35. The first-order valence-electron chi connectivity index (χ1n) is 5.16. The van der Waals surface area contributed by atoms with Crippen molar-refractivity contribution in [2.24, 2.45) is 0 Å². The first kappa shape index (κ1) is 13.4. The standard InChI is InChI=1S/C11H14N2O3S/c1-3-16-11(15)10-9(17-7-13-10)5-4-6-12-8(2)14/h4-5,7H,3,6H2,1-2H3,(H,12,14). The third-order valence-electron chi connectivity index (χ3n) is 1.80. The predicted octanol–water partition coefficient (Wildman–Crippen LogP) is 1.47. The Morgan fingerprint density at radius 1 is 1.59 bits per heavy atom. The van der Waals surface area contributed by atoms with E-state index in [4.69, 9.17) is 4.74 Å². The number of carbonyl (C=O) groups is 2. The van der Waals surface area contributed by atoms with Gasteiger partial charge < -0.3 is 10.1 Å². The van der Waals surface area contributed by atoms with Crippen LogP contribution in [0.15, 0.2) is 11.6 Å². The molecule has 0 unspecified atom stereocenters. The molecule has 1 amide bonds. The number of esters is 1. The van der Waals surface area contributed by atoms with Crippen LogP contribution in [0, 0.1) is 0 Å². The van der Waals surface area contributed by atoms with E-state index >= 15 is 0 Å². The molecule has 0 saturated carbocycles. The van der Waals surface area contributed by atoms with Crippen molar-refractivity contribution in [3.8, 4) is 0 Å². The number of hydrogen-bond donors (Lipinski definition) is 1. The molecule has 0 spiro atoms. The lowest BCUT2D eigenvalue weighted by Gasteiger charge is -1.99. The summed E-state index contributed by atoms with van der Waals surface area (Å²) in [5.41, 5.74) is 1.90. The second-order valence-corrected chi connectivity index (χ2v) is 4.01. The maximum Gasteiger partial charge on any atom is 0.358 e. The molecular formula is C11H14N2O3S. The zero-order valence-corrected chi connectivity index (χ0v) is 10.5. The average Bonchev–Trinajstić information content (AvgIpc) is 2.72. The first-order valence-corrected chi connectivity index (χ1v) is 6.04. The lowest BCUT2D eigenvalue weighted by molar-refractivity contribution is -0.118. The van der Waals surface area contributed by atoms with Crippen molar-refractivity contribution in [2.75, 3.05) is 13.2 Å². The first-order chi connectivity index (χ1) is 8.15. The Labute approximate surface area is 104 Å². The highest BCUT2D eigenvalue weighted by molar-refractivity contribution is 7.10. The Bertz CT molecular complexity index is 426. The van der Waals surface area contributed by atoms with Gasteiger partial charge in [0, 0.05) is 13.5 Å². The molecule has 0 atom stereocenters. The zero-order chi connectivity index (χ0) is 12.7. The molecule has 1 aromatic heterocycles. The Balaban J connectivity index is 2.62. The number of nitrogens with one attached hydrogen (secondary N) is 1. The third kappa shape index (κ3) is 4.36. The van der Waals surface area contributed by atoms with Gasteiger partial charge in [0.05, 0.1) is 17.0 Å². The predicted molar refractivity (Wildman–Crippen MR) is 65.8 cm³/mol. The number of thiazole rings is 1. The maximum atomic E-state index is 11.5. The summed E-state index contributed by atoms with van der Waals surface area (Å²) in [5, 5.41) is 2.62. The number of carbonyl (C=O) groups excluding carboxylic acids is 2. The smallest absolute Gasteiger partial charge is 0.358 e. The van der Waals surface area contributed by atoms with E-state index in [1.807, 2.05) is 0 Å². The van der Waals surface area contributed by atoms with E-state index < -0.39 is 5.97 Å². The molecule has 6 heteroatoms. The Hall–Kier alpha value is -1.69. The van der Waals surface area contributed by atoms with Gasteiger partial charge in [0.2, 0.25) is 5.91 Å². The van der Waals surface area contributed by atoms with E-state index in [-0.39, 0.29) is 5.91 Å². The zero-order valence-electron chi connectivity index (χ0n) is 9.73. The van der Waals surface area contributed by atoms with Gasteiger partial charge in [-0.3, -0.25) is 4.79 Å². The highest BCUT2D eigenvalue weighted by Gasteiger charge is 2.13. The topological polar surface area (TPSA) is 68.3 Å². The molecule has 92 valence electrons. The van der Waals surface area contributed by atoms with Gasteiger partial charge in [0.1, 0.15) is 0 Å². The minimum absolute atomic E-state index is 0.0930. The lowest BCUT2D eigenvalue weighted by atomic mass is 10.3. The van der Waals surface area contributed by atoms with Crippen LogP contribution in [0.5, 0.6) is 0 Å². The largest absolute Gasteiger partial charge is 0.461 e. The minimum Gasteiger partial charge on any atom is -0.461 e. The van der Waals surface area contributed by atoms with Crippen LogP contribution in [-0.4, -0.2) is 30.0 Å². The summed E-state index contributed by atoms with van der Waals surface area (Å²) in [6.07, 6.45) is 3.51. The van der Waals surface area contributed by atoms with Crippen molar-refractivity contribution in [1.82, 2.24) is 10.3 Å². The van der Waals surface area contributed by atoms with E-state index in [0.717, 1.165) is 4.88 Å². The number of ether oxygens (including phenoxy) is 1. The molecule has 1 rings (SSSR count). The quantitative estimate of drug-likeness (QED) is 0.808. The van der Waals surface area contributed by atoms with Crippen LogP contribution in [0.2, 0.25) is 0 Å². The molecular weight excluding hydrogens is 240 g/mol. The van der Waals surface area contributed by atoms with Crippen LogP contribution in [0.3, 0.4) is 0 Å². The number of amides is 1. The molecule has 0 fully saturated rings. The summed E-state index contributed by atoms with van der Waals surface area (Å²) < 4.78 is 4.87. The van der Waals surface area contributed by atoms with Gasteiger partial charge in [0.15, 0.2) is 5.69 Å². The van der Waals surface area contributed by atoms with Crippen molar-refractivity contribution in [1.29, 1.82) is 0 Å². The van der Waals surface area contributed by atoms with E-state index in [1.54, 1.807) is 24.6 Å². The van der Waals surface area contributed by atoms with E-state index in [1.165, 1.54) is 18.3 Å². The van der Waals surface area contributed by atoms with Gasteiger partial charge in [-0.2, -0.15) is 0 Å². The van der Waals surface area contributed by atoms with Gasteiger partial charge in [-0.25, -0.2) is 9.78 Å². The SMILES string of the molecule is CCOC(=O)c1ncsc1C=CCNC(C)=O. The number of rotatable bonds is 5. The van der Waals surface area contributed by atoms with Gasteiger partial charge in [-0.15, -0.1) is 11.3 Å². The van der Waals surface area contributed by atoms with E-state index in [9.17, 15) is 9.59 Å². The molecule has 0 aliphatic heterocycles. The Morgan fingerprint density at radius 3 is 3.00 bits per heavy atom. The van der Waals surface area contributed by atoms with Crippen LogP contribution in [-0.2, 0) is 9.53 Å². The minimum atomic E-state index is -0.423. The highest BCUT2D eigenvalue weighted by atomic mass is 32.1. The lowest BCUT2D eigenvalue weighted by Crippen LogP contribution is -2.19. The Morgan fingerprint density at radius 2 is 2.35 bits per heavy atom. The molecule has 0 aliphatic rings. The molecule has 0 bridgehead atoms. The second-order valence-electron chi connectivity index (χ2n) is 3.13. The van der Waals surface area contributed by atoms with E-state index in [0.29, 0.717) is 18.8 Å². The van der Waals surface area contributed by atoms with Crippen LogP contribution in [0.1, 0.15) is 29.2 Å². The third-order valence-corrected chi connectivity index (χ3v) is 2.60. The second kappa shape index (κ2) is 6.80. The highest BCUT2D eigenvalue weighted by Crippen LogP contribution is 2.16. The fourth-order valence-electron chi connectivity index (χ4n) is 1.09. The number of hydrogen-bond acceptors (Lipinski definition) is 5. The maximum absolute atomic E-state index is 11.5. The molecule has 0 aromatic carbocycles. The summed E-state index contributed by atoms with van der Waals surface area (Å²) in [7, 11) is 0. The van der Waals surface area contributed by atoms with Crippen molar-refractivity contribution in [2.45, 2.75) is 13.8 Å². The monoisotopic (exact) mass is 254 g/mol.